The van der Waals surface area contributed by atoms with Gasteiger partial charge in [0.15, 0.2) is 0 Å². The van der Waals surface area contributed by atoms with Crippen LogP contribution in [0.5, 0.6) is 17.6 Å². The van der Waals surface area contributed by atoms with Gasteiger partial charge < -0.3 is 15.2 Å². The Hall–Kier alpha value is -4.17. The standard InChI is InChI=1S/C23H22N6O2/c1-3-5-18-13-17(6-4-11-24)12-15(2)20(18)31-23-27-21(22(30)28-29-23)26-19-9-7-16(14-25)8-10-19/h7-10,12-13H,3-6H2,1-2H3,(H,28,30)(H,26,27,29)/p-1. The molecule has 0 bridgehead atoms. The van der Waals surface area contributed by atoms with Crippen LogP contribution in [0.25, 0.3) is 0 Å². The molecule has 1 N–H and O–H groups in total. The molecule has 0 aliphatic heterocycles. The maximum Gasteiger partial charge on any atom is 0.343 e. The summed E-state index contributed by atoms with van der Waals surface area (Å²) in [6.45, 7) is 4.00. The highest BCUT2D eigenvalue weighted by molar-refractivity contribution is 5.60. The molecule has 8 nitrogen and oxygen atoms in total. The fraction of sp³-hybridized carbons (Fsp3) is 0.261. The van der Waals surface area contributed by atoms with Crippen molar-refractivity contribution in [2.24, 2.45) is 0 Å². The van der Waals surface area contributed by atoms with Crippen LogP contribution in [-0.2, 0) is 12.8 Å². The van der Waals surface area contributed by atoms with E-state index in [1.54, 1.807) is 24.3 Å². The van der Waals surface area contributed by atoms with Gasteiger partial charge in [0, 0.05) is 12.1 Å². The SMILES string of the molecule is CCCc1cc(CCC#N)cc(C)c1Oc1nnc([O-])c(Nc2ccc(C#N)cc2)n1. The molecular formula is C23H21N6O2-. The van der Waals surface area contributed by atoms with Gasteiger partial charge in [-0.05, 0) is 60.7 Å². The van der Waals surface area contributed by atoms with Gasteiger partial charge in [-0.2, -0.15) is 20.6 Å². The summed E-state index contributed by atoms with van der Waals surface area (Å²) in [5.74, 6) is -0.00330. The number of hydrogen-bond donors (Lipinski definition) is 1. The van der Waals surface area contributed by atoms with Crippen LogP contribution in [0.4, 0.5) is 11.5 Å². The van der Waals surface area contributed by atoms with Gasteiger partial charge in [-0.3, -0.25) is 0 Å². The molecule has 0 saturated heterocycles. The van der Waals surface area contributed by atoms with Crippen molar-refractivity contribution in [3.63, 3.8) is 0 Å². The van der Waals surface area contributed by atoms with Gasteiger partial charge in [0.1, 0.15) is 11.6 Å². The number of benzene rings is 2. The molecular weight excluding hydrogens is 392 g/mol. The van der Waals surface area contributed by atoms with E-state index in [1.807, 2.05) is 25.1 Å². The lowest BCUT2D eigenvalue weighted by atomic mass is 9.99. The topological polar surface area (TPSA) is 131 Å². The summed E-state index contributed by atoms with van der Waals surface area (Å²) in [7, 11) is 0. The highest BCUT2D eigenvalue weighted by atomic mass is 16.5. The van der Waals surface area contributed by atoms with Gasteiger partial charge in [-0.25, -0.2) is 0 Å². The van der Waals surface area contributed by atoms with E-state index in [9.17, 15) is 5.11 Å². The van der Waals surface area contributed by atoms with E-state index >= 15 is 0 Å². The van der Waals surface area contributed by atoms with Gasteiger partial charge in [0.2, 0.25) is 0 Å². The molecule has 2 aromatic carbocycles. The lowest BCUT2D eigenvalue weighted by Crippen LogP contribution is -2.07. The van der Waals surface area contributed by atoms with Crippen LogP contribution in [0.15, 0.2) is 36.4 Å². The Morgan fingerprint density at radius 1 is 1.10 bits per heavy atom. The molecule has 0 spiro atoms. The fourth-order valence-electron chi connectivity index (χ4n) is 3.16. The van der Waals surface area contributed by atoms with Gasteiger partial charge in [-0.1, -0.05) is 30.6 Å². The van der Waals surface area contributed by atoms with Crippen LogP contribution < -0.4 is 15.2 Å². The highest BCUT2D eigenvalue weighted by Crippen LogP contribution is 2.31. The maximum atomic E-state index is 12.1. The van der Waals surface area contributed by atoms with Crippen molar-refractivity contribution in [3.8, 4) is 29.8 Å². The summed E-state index contributed by atoms with van der Waals surface area (Å²) < 4.78 is 5.95. The molecule has 0 amide bonds. The number of nitriles is 2. The number of rotatable bonds is 8. The summed E-state index contributed by atoms with van der Waals surface area (Å²) in [6.07, 6.45) is 2.84. The zero-order chi connectivity index (χ0) is 22.2. The Morgan fingerprint density at radius 3 is 2.55 bits per heavy atom. The number of aryl methyl sites for hydroxylation is 3. The molecule has 0 aliphatic carbocycles. The number of hydrogen-bond acceptors (Lipinski definition) is 8. The minimum Gasteiger partial charge on any atom is -0.855 e. The van der Waals surface area contributed by atoms with E-state index in [4.69, 9.17) is 15.3 Å². The first-order chi connectivity index (χ1) is 15.0. The number of nitrogens with one attached hydrogen (secondary N) is 1. The van der Waals surface area contributed by atoms with Crippen molar-refractivity contribution in [1.82, 2.24) is 15.2 Å². The van der Waals surface area contributed by atoms with Crippen LogP contribution in [0, 0.1) is 29.6 Å². The van der Waals surface area contributed by atoms with Crippen LogP contribution in [0.2, 0.25) is 0 Å². The molecule has 0 unspecified atom stereocenters. The van der Waals surface area contributed by atoms with Gasteiger partial charge in [0.05, 0.1) is 23.6 Å². The van der Waals surface area contributed by atoms with Crippen molar-refractivity contribution in [1.29, 1.82) is 10.5 Å². The molecule has 0 radical (unpaired) electrons. The Kier molecular flexibility index (Phi) is 6.97. The second kappa shape index (κ2) is 10.0. The van der Waals surface area contributed by atoms with Crippen LogP contribution in [0.3, 0.4) is 0 Å². The molecule has 3 rings (SSSR count). The third-order valence-corrected chi connectivity index (χ3v) is 4.56. The summed E-state index contributed by atoms with van der Waals surface area (Å²) in [4.78, 5) is 4.19. The molecule has 1 aromatic heterocycles. The first-order valence-corrected chi connectivity index (χ1v) is 9.90. The van der Waals surface area contributed by atoms with Gasteiger partial charge >= 0.3 is 6.01 Å². The van der Waals surface area contributed by atoms with E-state index in [2.05, 4.69) is 33.5 Å². The highest BCUT2D eigenvalue weighted by Gasteiger charge is 2.13. The van der Waals surface area contributed by atoms with Crippen molar-refractivity contribution in [3.05, 3.63) is 58.7 Å². The van der Waals surface area contributed by atoms with E-state index in [0.717, 1.165) is 29.5 Å². The average Bonchev–Trinajstić information content (AvgIpc) is 2.77. The third kappa shape index (κ3) is 5.46. The number of aromatic nitrogens is 3. The summed E-state index contributed by atoms with van der Waals surface area (Å²) in [5, 5.41) is 40.2. The zero-order valence-electron chi connectivity index (χ0n) is 17.3. The van der Waals surface area contributed by atoms with E-state index in [-0.39, 0.29) is 11.8 Å². The number of nitrogens with zero attached hydrogens (tertiary/aromatic N) is 5. The smallest absolute Gasteiger partial charge is 0.343 e. The van der Waals surface area contributed by atoms with E-state index in [1.165, 1.54) is 0 Å². The van der Waals surface area contributed by atoms with Gasteiger partial charge in [-0.15, -0.1) is 0 Å². The summed E-state index contributed by atoms with van der Waals surface area (Å²) in [5.41, 5.74) is 4.07. The molecule has 0 atom stereocenters. The Morgan fingerprint density at radius 2 is 1.87 bits per heavy atom. The third-order valence-electron chi connectivity index (χ3n) is 4.56. The molecule has 0 aliphatic rings. The van der Waals surface area contributed by atoms with Crippen molar-refractivity contribution < 1.29 is 9.84 Å². The fourth-order valence-corrected chi connectivity index (χ4v) is 3.16. The van der Waals surface area contributed by atoms with Crippen LogP contribution in [-0.4, -0.2) is 15.2 Å². The number of anilines is 2. The average molecular weight is 413 g/mol. The first-order valence-electron chi connectivity index (χ1n) is 9.90. The summed E-state index contributed by atoms with van der Waals surface area (Å²) >= 11 is 0. The first kappa shape index (κ1) is 21.5. The minimum absolute atomic E-state index is 0.0185. The molecule has 31 heavy (non-hydrogen) atoms. The monoisotopic (exact) mass is 413 g/mol. The predicted octanol–water partition coefficient (Wildman–Crippen LogP) is 4.07. The normalized spacial score (nSPS) is 10.2. The zero-order valence-corrected chi connectivity index (χ0v) is 17.3. The molecule has 0 saturated carbocycles. The summed E-state index contributed by atoms with van der Waals surface area (Å²) in [6, 6.07) is 14.8. The lowest BCUT2D eigenvalue weighted by Gasteiger charge is -2.16. The van der Waals surface area contributed by atoms with Crippen molar-refractivity contribution >= 4 is 11.5 Å². The van der Waals surface area contributed by atoms with Crippen molar-refractivity contribution in [2.75, 3.05) is 5.32 Å². The van der Waals surface area contributed by atoms with Crippen LogP contribution >= 0.6 is 0 Å². The molecule has 0 fully saturated rings. The Labute approximate surface area is 180 Å². The Bertz CT molecular complexity index is 1150. The van der Waals surface area contributed by atoms with E-state index in [0.29, 0.717) is 29.8 Å². The van der Waals surface area contributed by atoms with Crippen molar-refractivity contribution in [2.45, 2.75) is 39.5 Å². The second-order valence-corrected chi connectivity index (χ2v) is 6.97. The lowest BCUT2D eigenvalue weighted by molar-refractivity contribution is -0.275. The molecule has 156 valence electrons. The largest absolute Gasteiger partial charge is 0.855 e. The maximum absolute atomic E-state index is 12.1. The minimum atomic E-state index is -0.617. The predicted molar refractivity (Wildman–Crippen MR) is 113 cm³/mol. The molecule has 1 heterocycles. The molecule has 3 aromatic rings. The quantitative estimate of drug-likeness (QED) is 0.585. The molecule has 8 heteroatoms. The second-order valence-electron chi connectivity index (χ2n) is 6.97. The van der Waals surface area contributed by atoms with E-state index < -0.39 is 5.88 Å². The van der Waals surface area contributed by atoms with Gasteiger partial charge in [0.25, 0.3) is 0 Å². The number of ether oxygens (including phenoxy) is 1. The van der Waals surface area contributed by atoms with Crippen LogP contribution in [0.1, 0.15) is 42.0 Å². The Balaban J connectivity index is 1.87.